The van der Waals surface area contributed by atoms with Gasteiger partial charge in [0.1, 0.15) is 5.39 Å². The molecule has 0 amide bonds. The maximum atomic E-state index is 6.20. The van der Waals surface area contributed by atoms with E-state index in [-0.39, 0.29) is 0 Å². The van der Waals surface area contributed by atoms with Crippen molar-refractivity contribution in [3.63, 3.8) is 0 Å². The Morgan fingerprint density at radius 2 is 2.00 bits per heavy atom. The number of H-pyrrole nitrogens is 1. The van der Waals surface area contributed by atoms with Crippen molar-refractivity contribution >= 4 is 34.1 Å². The number of aromatic amines is 1. The van der Waals surface area contributed by atoms with E-state index in [1.54, 1.807) is 6.33 Å². The van der Waals surface area contributed by atoms with Crippen LogP contribution in [0, 0.1) is 0 Å². The maximum Gasteiger partial charge on any atom is 0.239 e. The summed E-state index contributed by atoms with van der Waals surface area (Å²) in [7, 11) is 0. The largest absolute Gasteiger partial charge is 0.398 e. The lowest BCUT2D eigenvalue weighted by Crippen LogP contribution is -2.13. The Kier molecular flexibility index (Phi) is 3.38. The number of anilines is 2. The number of fused-ring (bicyclic) bond motifs is 1. The number of rotatable bonds is 2. The summed E-state index contributed by atoms with van der Waals surface area (Å²) in [5, 5.41) is 1.50. The van der Waals surface area contributed by atoms with E-state index in [1.807, 2.05) is 18.2 Å². The van der Waals surface area contributed by atoms with Gasteiger partial charge in [-0.3, -0.25) is 4.57 Å². The van der Waals surface area contributed by atoms with Gasteiger partial charge in [-0.2, -0.15) is 0 Å². The second-order valence-corrected chi connectivity index (χ2v) is 6.54. The van der Waals surface area contributed by atoms with Crippen molar-refractivity contribution < 1.29 is 4.98 Å². The van der Waals surface area contributed by atoms with Gasteiger partial charge in [0, 0.05) is 5.56 Å². The van der Waals surface area contributed by atoms with Crippen LogP contribution in [0.25, 0.3) is 22.2 Å². The highest BCUT2D eigenvalue weighted by Gasteiger charge is 2.26. The number of hydrogen-bond acceptors (Lipinski definition) is 3. The van der Waals surface area contributed by atoms with E-state index in [1.165, 1.54) is 25.7 Å². The SMILES string of the molecule is Nc1ccc(-c2cn(C3CCCC3)c3[nH+]cnc(N)c23)cc1Cl. The molecule has 5 nitrogen and oxygen atoms in total. The van der Waals surface area contributed by atoms with Crippen LogP contribution in [-0.2, 0) is 0 Å². The number of aromatic nitrogens is 3. The predicted octanol–water partition coefficient (Wildman–Crippen LogP) is 3.45. The standard InChI is InChI=1S/C17H18ClN5/c18-13-7-10(5-6-14(13)19)12-8-23(11-3-1-2-4-11)17-15(12)16(20)21-9-22-17/h5-9,11H,1-4,19H2,(H2,20,21,22)/p+1. The summed E-state index contributed by atoms with van der Waals surface area (Å²) in [6, 6.07) is 6.19. The zero-order valence-corrected chi connectivity index (χ0v) is 13.5. The van der Waals surface area contributed by atoms with Crippen molar-refractivity contribution in [2.75, 3.05) is 11.5 Å². The van der Waals surface area contributed by atoms with Crippen molar-refractivity contribution in [1.29, 1.82) is 0 Å². The van der Waals surface area contributed by atoms with Crippen LogP contribution in [0.2, 0.25) is 5.02 Å². The van der Waals surface area contributed by atoms with Crippen molar-refractivity contribution in [1.82, 2.24) is 9.55 Å². The first-order valence-corrected chi connectivity index (χ1v) is 8.25. The molecule has 6 heteroatoms. The minimum absolute atomic E-state index is 0.508. The molecule has 0 atom stereocenters. The molecule has 1 aromatic carbocycles. The number of benzene rings is 1. The number of nitrogens with one attached hydrogen (secondary N) is 1. The average molecular weight is 329 g/mol. The molecule has 0 bridgehead atoms. The monoisotopic (exact) mass is 328 g/mol. The second-order valence-electron chi connectivity index (χ2n) is 6.14. The fraction of sp³-hybridized carbons (Fsp3) is 0.294. The van der Waals surface area contributed by atoms with Crippen molar-refractivity contribution in [2.24, 2.45) is 0 Å². The quantitative estimate of drug-likeness (QED) is 0.707. The summed E-state index contributed by atoms with van der Waals surface area (Å²) >= 11 is 6.20. The Labute approximate surface area is 139 Å². The van der Waals surface area contributed by atoms with Gasteiger partial charge in [0.05, 0.1) is 22.9 Å². The fourth-order valence-corrected chi connectivity index (χ4v) is 3.72. The Balaban J connectivity index is 1.97. The van der Waals surface area contributed by atoms with Gasteiger partial charge in [-0.05, 0) is 43.4 Å². The lowest BCUT2D eigenvalue weighted by atomic mass is 10.1. The lowest BCUT2D eigenvalue weighted by molar-refractivity contribution is -0.354. The van der Waals surface area contributed by atoms with Crippen LogP contribution in [-0.4, -0.2) is 9.55 Å². The van der Waals surface area contributed by atoms with Crippen molar-refractivity contribution in [2.45, 2.75) is 31.7 Å². The smallest absolute Gasteiger partial charge is 0.239 e. The first-order chi connectivity index (χ1) is 11.1. The van der Waals surface area contributed by atoms with Crippen molar-refractivity contribution in [3.8, 4) is 11.1 Å². The third-order valence-corrected chi connectivity index (χ3v) is 5.05. The van der Waals surface area contributed by atoms with Gasteiger partial charge >= 0.3 is 0 Å². The van der Waals surface area contributed by atoms with Crippen LogP contribution in [0.5, 0.6) is 0 Å². The van der Waals surface area contributed by atoms with Crippen LogP contribution in [0.4, 0.5) is 11.5 Å². The minimum Gasteiger partial charge on any atom is -0.398 e. The summed E-state index contributed by atoms with van der Waals surface area (Å²) in [5.41, 5.74) is 15.6. The molecule has 23 heavy (non-hydrogen) atoms. The lowest BCUT2D eigenvalue weighted by Gasteiger charge is -2.07. The predicted molar refractivity (Wildman–Crippen MR) is 93.1 cm³/mol. The molecule has 4 rings (SSSR count). The van der Waals surface area contributed by atoms with E-state index in [4.69, 9.17) is 23.1 Å². The number of nitrogen functional groups attached to an aromatic ring is 2. The van der Waals surface area contributed by atoms with Gasteiger partial charge in [-0.25, -0.2) is 4.98 Å². The Bertz CT molecular complexity index is 880. The number of hydrogen-bond donors (Lipinski definition) is 2. The Morgan fingerprint density at radius 1 is 1.22 bits per heavy atom. The van der Waals surface area contributed by atoms with Gasteiger partial charge in [0.2, 0.25) is 17.8 Å². The van der Waals surface area contributed by atoms with Gasteiger partial charge in [0.15, 0.2) is 0 Å². The van der Waals surface area contributed by atoms with E-state index in [0.29, 0.717) is 22.6 Å². The molecule has 0 spiro atoms. The van der Waals surface area contributed by atoms with Gasteiger partial charge < -0.3 is 11.5 Å². The summed E-state index contributed by atoms with van der Waals surface area (Å²) in [6.45, 7) is 0. The fourth-order valence-electron chi connectivity index (χ4n) is 3.54. The molecule has 0 unspecified atom stereocenters. The molecule has 0 saturated heterocycles. The topological polar surface area (TPSA) is 84.0 Å². The summed E-state index contributed by atoms with van der Waals surface area (Å²) in [4.78, 5) is 7.49. The molecule has 2 heterocycles. The molecule has 118 valence electrons. The van der Waals surface area contributed by atoms with Crippen LogP contribution >= 0.6 is 11.6 Å². The first-order valence-electron chi connectivity index (χ1n) is 7.87. The summed E-state index contributed by atoms with van der Waals surface area (Å²) < 4.78 is 2.31. The molecule has 1 saturated carbocycles. The maximum absolute atomic E-state index is 6.20. The highest BCUT2D eigenvalue weighted by atomic mass is 35.5. The summed E-state index contributed by atoms with van der Waals surface area (Å²) in [5.74, 6) is 0.526. The average Bonchev–Trinajstić information content (AvgIpc) is 3.17. The van der Waals surface area contributed by atoms with Crippen molar-refractivity contribution in [3.05, 3.63) is 35.7 Å². The molecule has 2 aromatic heterocycles. The summed E-state index contributed by atoms with van der Waals surface area (Å²) in [6.07, 6.45) is 8.76. The normalized spacial score (nSPS) is 15.5. The van der Waals surface area contributed by atoms with E-state index in [0.717, 1.165) is 22.2 Å². The highest BCUT2D eigenvalue weighted by molar-refractivity contribution is 6.33. The van der Waals surface area contributed by atoms with Gasteiger partial charge in [0.25, 0.3) is 0 Å². The molecule has 0 aliphatic heterocycles. The molecule has 0 radical (unpaired) electrons. The van der Waals surface area contributed by atoms with Gasteiger partial charge in [-0.15, -0.1) is 0 Å². The van der Waals surface area contributed by atoms with Crippen LogP contribution in [0.3, 0.4) is 0 Å². The molecule has 5 N–H and O–H groups in total. The number of halogens is 1. The van der Waals surface area contributed by atoms with Crippen LogP contribution in [0.1, 0.15) is 31.7 Å². The third kappa shape index (κ3) is 2.32. The molecular weight excluding hydrogens is 310 g/mol. The zero-order chi connectivity index (χ0) is 16.0. The number of nitrogens with two attached hydrogens (primary N) is 2. The molecule has 1 aliphatic carbocycles. The van der Waals surface area contributed by atoms with Crippen LogP contribution < -0.4 is 16.5 Å². The van der Waals surface area contributed by atoms with E-state index in [9.17, 15) is 0 Å². The Morgan fingerprint density at radius 3 is 2.74 bits per heavy atom. The highest BCUT2D eigenvalue weighted by Crippen LogP contribution is 2.38. The van der Waals surface area contributed by atoms with E-state index < -0.39 is 0 Å². The minimum atomic E-state index is 0.508. The van der Waals surface area contributed by atoms with E-state index >= 15 is 0 Å². The molecular formula is C17H19ClN5+. The first kappa shape index (κ1) is 14.3. The third-order valence-electron chi connectivity index (χ3n) is 4.72. The van der Waals surface area contributed by atoms with Gasteiger partial charge in [-0.1, -0.05) is 22.7 Å². The number of nitrogens with zero attached hydrogens (tertiary/aromatic N) is 2. The molecule has 3 aromatic rings. The second kappa shape index (κ2) is 5.42. The molecule has 1 fully saturated rings. The van der Waals surface area contributed by atoms with Crippen LogP contribution in [0.15, 0.2) is 30.7 Å². The Hall–Kier alpha value is -2.27. The molecule has 1 aliphatic rings. The van der Waals surface area contributed by atoms with E-state index in [2.05, 4.69) is 20.7 Å². The zero-order valence-electron chi connectivity index (χ0n) is 12.7.